The van der Waals surface area contributed by atoms with Gasteiger partial charge in [-0.3, -0.25) is 9.69 Å². The number of carbonyl (C=O) groups is 3. The molecule has 1 amide bonds. The Kier molecular flexibility index (Phi) is 6.74. The Morgan fingerprint density at radius 3 is 2.32 bits per heavy atom. The summed E-state index contributed by atoms with van der Waals surface area (Å²) in [5.74, 6) is -1.95. The molecule has 0 saturated heterocycles. The molecule has 1 heterocycles. The summed E-state index contributed by atoms with van der Waals surface area (Å²) < 4.78 is 10.1. The number of hydrogen-bond acceptors (Lipinski definition) is 6. The normalized spacial score (nSPS) is 16.8. The van der Waals surface area contributed by atoms with Gasteiger partial charge in [-0.2, -0.15) is 0 Å². The largest absolute Gasteiger partial charge is 0.466 e. The molecule has 2 aromatic rings. The Balaban J connectivity index is 2.10. The van der Waals surface area contributed by atoms with Crippen molar-refractivity contribution in [3.05, 3.63) is 77.0 Å². The van der Waals surface area contributed by atoms with Crippen molar-refractivity contribution in [1.82, 2.24) is 5.32 Å². The Hall–Kier alpha value is -3.61. The number of aryl methyl sites for hydroxylation is 1. The molecule has 0 spiro atoms. The van der Waals surface area contributed by atoms with Gasteiger partial charge in [0.15, 0.2) is 6.04 Å². The van der Waals surface area contributed by atoms with Crippen molar-refractivity contribution in [2.45, 2.75) is 32.9 Å². The van der Waals surface area contributed by atoms with Crippen molar-refractivity contribution in [3.8, 4) is 0 Å². The van der Waals surface area contributed by atoms with Crippen LogP contribution in [-0.2, 0) is 23.9 Å². The fourth-order valence-electron chi connectivity index (χ4n) is 3.54. The molecule has 7 nitrogen and oxygen atoms in total. The van der Waals surface area contributed by atoms with Crippen molar-refractivity contribution < 1.29 is 23.9 Å². The summed E-state index contributed by atoms with van der Waals surface area (Å²) in [5, 5.41) is 3.13. The van der Waals surface area contributed by atoms with Gasteiger partial charge in [0.05, 0.1) is 13.7 Å². The third-order valence-electron chi connectivity index (χ3n) is 5.12. The summed E-state index contributed by atoms with van der Waals surface area (Å²) in [7, 11) is 1.22. The van der Waals surface area contributed by atoms with Crippen LogP contribution in [0.25, 0.3) is 0 Å². The van der Waals surface area contributed by atoms with E-state index in [0.29, 0.717) is 5.69 Å². The van der Waals surface area contributed by atoms with Crippen LogP contribution in [0.3, 0.4) is 0 Å². The molecule has 3 rings (SSSR count). The molecule has 0 radical (unpaired) electrons. The summed E-state index contributed by atoms with van der Waals surface area (Å²) in [6.45, 7) is 5.58. The molecular formula is C24H26N2O5. The summed E-state index contributed by atoms with van der Waals surface area (Å²) in [5.41, 5.74) is 2.38. The predicted octanol–water partition coefficient (Wildman–Crippen LogP) is 3.05. The van der Waals surface area contributed by atoms with Gasteiger partial charge in [-0.25, -0.2) is 9.59 Å². The number of carbonyl (C=O) groups excluding carboxylic acids is 3. The van der Waals surface area contributed by atoms with E-state index in [4.69, 9.17) is 9.47 Å². The zero-order chi connectivity index (χ0) is 22.5. The topological polar surface area (TPSA) is 84.9 Å². The second-order valence-corrected chi connectivity index (χ2v) is 7.22. The third-order valence-corrected chi connectivity index (χ3v) is 5.12. The fourth-order valence-corrected chi connectivity index (χ4v) is 3.54. The van der Waals surface area contributed by atoms with Gasteiger partial charge in [0.1, 0.15) is 11.3 Å². The average molecular weight is 422 g/mol. The smallest absolute Gasteiger partial charge is 0.338 e. The van der Waals surface area contributed by atoms with E-state index < -0.39 is 23.9 Å². The van der Waals surface area contributed by atoms with Gasteiger partial charge in [-0.05, 0) is 38.5 Å². The number of hydrogen-bond donors (Lipinski definition) is 1. The first-order chi connectivity index (χ1) is 14.9. The lowest BCUT2D eigenvalue weighted by Crippen LogP contribution is -2.43. The standard InChI is InChI=1S/C24H26N2O5/c1-5-31-24(29)21-19(23(28)30-4)20(25-16(3)17-9-7-6-8-10-17)22(27)26(21)18-13-11-15(2)12-14-18/h6-14,16,21,25H,5H2,1-4H3. The number of anilines is 1. The second-order valence-electron chi connectivity index (χ2n) is 7.22. The number of rotatable bonds is 7. The molecule has 0 fully saturated rings. The average Bonchev–Trinajstić information content (AvgIpc) is 3.06. The van der Waals surface area contributed by atoms with Gasteiger partial charge in [0.2, 0.25) is 0 Å². The van der Waals surface area contributed by atoms with Gasteiger partial charge < -0.3 is 14.8 Å². The number of nitrogens with zero attached hydrogens (tertiary/aromatic N) is 1. The first-order valence-corrected chi connectivity index (χ1v) is 10.1. The minimum atomic E-state index is -1.24. The molecule has 1 aliphatic heterocycles. The van der Waals surface area contributed by atoms with Crippen molar-refractivity contribution >= 4 is 23.5 Å². The van der Waals surface area contributed by atoms with Crippen molar-refractivity contribution in [2.24, 2.45) is 0 Å². The Morgan fingerprint density at radius 1 is 1.10 bits per heavy atom. The lowest BCUT2D eigenvalue weighted by atomic mass is 10.1. The molecule has 2 atom stereocenters. The Bertz CT molecular complexity index is 998. The number of nitrogens with one attached hydrogen (secondary N) is 1. The van der Waals surface area contributed by atoms with Crippen molar-refractivity contribution in [1.29, 1.82) is 0 Å². The van der Waals surface area contributed by atoms with E-state index in [1.54, 1.807) is 19.1 Å². The van der Waals surface area contributed by atoms with Crippen LogP contribution >= 0.6 is 0 Å². The van der Waals surface area contributed by atoms with E-state index in [2.05, 4.69) is 5.32 Å². The molecule has 2 unspecified atom stereocenters. The van der Waals surface area contributed by atoms with E-state index in [1.165, 1.54) is 12.0 Å². The second kappa shape index (κ2) is 9.47. The van der Waals surface area contributed by atoms with Crippen LogP contribution in [0.1, 0.15) is 31.0 Å². The summed E-state index contributed by atoms with van der Waals surface area (Å²) in [4.78, 5) is 40.4. The number of amides is 1. The Morgan fingerprint density at radius 2 is 1.74 bits per heavy atom. The van der Waals surface area contributed by atoms with Crippen molar-refractivity contribution in [2.75, 3.05) is 18.6 Å². The zero-order valence-electron chi connectivity index (χ0n) is 18.0. The molecule has 162 valence electrons. The number of ether oxygens (including phenoxy) is 2. The number of benzene rings is 2. The lowest BCUT2D eigenvalue weighted by Gasteiger charge is -2.25. The molecular weight excluding hydrogens is 396 g/mol. The van der Waals surface area contributed by atoms with Crippen molar-refractivity contribution in [3.63, 3.8) is 0 Å². The van der Waals surface area contributed by atoms with Crippen LogP contribution in [0.15, 0.2) is 65.9 Å². The first kappa shape index (κ1) is 22.1. The van der Waals surface area contributed by atoms with Crippen LogP contribution in [0.4, 0.5) is 5.69 Å². The molecule has 0 aliphatic carbocycles. The van der Waals surface area contributed by atoms with Gasteiger partial charge in [0.25, 0.3) is 5.91 Å². The quantitative estimate of drug-likeness (QED) is 0.691. The first-order valence-electron chi connectivity index (χ1n) is 10.1. The van der Waals surface area contributed by atoms with Crippen LogP contribution in [0.5, 0.6) is 0 Å². The van der Waals surface area contributed by atoms with Crippen LogP contribution in [0.2, 0.25) is 0 Å². The lowest BCUT2D eigenvalue weighted by molar-refractivity contribution is -0.146. The van der Waals surface area contributed by atoms with E-state index in [9.17, 15) is 14.4 Å². The molecule has 1 N–H and O–H groups in total. The highest BCUT2D eigenvalue weighted by molar-refractivity contribution is 6.20. The highest BCUT2D eigenvalue weighted by atomic mass is 16.5. The third kappa shape index (κ3) is 4.45. The maximum Gasteiger partial charge on any atom is 0.338 e. The minimum absolute atomic E-state index is 0.0295. The summed E-state index contributed by atoms with van der Waals surface area (Å²) in [6, 6.07) is 15.1. The molecule has 31 heavy (non-hydrogen) atoms. The molecule has 0 aromatic heterocycles. The summed E-state index contributed by atoms with van der Waals surface area (Å²) >= 11 is 0. The van der Waals surface area contributed by atoms with Gasteiger partial charge in [-0.1, -0.05) is 48.0 Å². The molecule has 1 aliphatic rings. The Labute approximate surface area is 181 Å². The van der Waals surface area contributed by atoms with E-state index in [0.717, 1.165) is 11.1 Å². The van der Waals surface area contributed by atoms with Gasteiger partial charge >= 0.3 is 11.9 Å². The molecule has 2 aromatic carbocycles. The highest BCUT2D eigenvalue weighted by Crippen LogP contribution is 2.33. The van der Waals surface area contributed by atoms with E-state index in [1.807, 2.05) is 56.3 Å². The minimum Gasteiger partial charge on any atom is -0.466 e. The van der Waals surface area contributed by atoms with E-state index >= 15 is 0 Å². The molecule has 7 heteroatoms. The molecule has 0 bridgehead atoms. The number of methoxy groups -OCH3 is 1. The number of esters is 2. The highest BCUT2D eigenvalue weighted by Gasteiger charge is 2.49. The summed E-state index contributed by atoms with van der Waals surface area (Å²) in [6.07, 6.45) is 0. The van der Waals surface area contributed by atoms with Crippen LogP contribution in [0, 0.1) is 6.92 Å². The SMILES string of the molecule is CCOC(=O)C1C(C(=O)OC)=C(NC(C)c2ccccc2)C(=O)N1c1ccc(C)cc1. The predicted molar refractivity (Wildman–Crippen MR) is 116 cm³/mol. The van der Waals surface area contributed by atoms with Gasteiger partial charge in [0, 0.05) is 11.7 Å². The monoisotopic (exact) mass is 422 g/mol. The molecule has 0 saturated carbocycles. The maximum atomic E-state index is 13.5. The van der Waals surface area contributed by atoms with Gasteiger partial charge in [-0.15, -0.1) is 0 Å². The maximum absolute atomic E-state index is 13.5. The van der Waals surface area contributed by atoms with Crippen LogP contribution < -0.4 is 10.2 Å². The van der Waals surface area contributed by atoms with Crippen LogP contribution in [-0.4, -0.2) is 37.6 Å². The fraction of sp³-hybridized carbons (Fsp3) is 0.292. The van der Waals surface area contributed by atoms with E-state index in [-0.39, 0.29) is 23.9 Å². The zero-order valence-corrected chi connectivity index (χ0v) is 18.0.